The van der Waals surface area contributed by atoms with Crippen LogP contribution in [0.25, 0.3) is 0 Å². The lowest BCUT2D eigenvalue weighted by Crippen LogP contribution is -2.15. The second kappa shape index (κ2) is 5.17. The fraction of sp³-hybridized carbons (Fsp3) is 0.250. The Balaban J connectivity index is 1.60. The van der Waals surface area contributed by atoms with Crippen molar-refractivity contribution in [3.63, 3.8) is 0 Å². The van der Waals surface area contributed by atoms with Crippen molar-refractivity contribution in [3.8, 4) is 11.5 Å². The fourth-order valence-electron chi connectivity index (χ4n) is 2.27. The first-order valence-corrected chi connectivity index (χ1v) is 7.37. The molecular weight excluding hydrogens is 256 g/mol. The Morgan fingerprint density at radius 1 is 1.21 bits per heavy atom. The maximum atomic E-state index is 9.25. The molecule has 0 fully saturated rings. The van der Waals surface area contributed by atoms with E-state index < -0.39 is 0 Å². The van der Waals surface area contributed by atoms with Gasteiger partial charge in [-0.1, -0.05) is 17.7 Å². The Bertz CT molecular complexity index is 578. The zero-order valence-electron chi connectivity index (χ0n) is 10.8. The van der Waals surface area contributed by atoms with Gasteiger partial charge in [-0.3, -0.25) is 0 Å². The van der Waals surface area contributed by atoms with Crippen molar-refractivity contribution in [2.24, 2.45) is 0 Å². The zero-order valence-corrected chi connectivity index (χ0v) is 11.6. The number of ether oxygens (including phenoxy) is 1. The van der Waals surface area contributed by atoms with E-state index in [0.717, 1.165) is 22.8 Å². The maximum Gasteiger partial charge on any atom is 0.123 e. The van der Waals surface area contributed by atoms with Crippen LogP contribution in [0.2, 0.25) is 0 Å². The molecule has 1 N–H and O–H groups in total. The number of aryl methyl sites for hydroxylation is 1. The van der Waals surface area contributed by atoms with E-state index in [4.69, 9.17) is 4.74 Å². The summed E-state index contributed by atoms with van der Waals surface area (Å²) in [6, 6.07) is 13.7. The number of fused-ring (bicyclic) bond motifs is 1. The Hall–Kier alpha value is -1.61. The molecule has 0 radical (unpaired) electrons. The van der Waals surface area contributed by atoms with Gasteiger partial charge in [-0.05, 0) is 42.8 Å². The first-order valence-electron chi connectivity index (χ1n) is 6.39. The quantitative estimate of drug-likeness (QED) is 0.862. The highest BCUT2D eigenvalue weighted by atomic mass is 32.2. The van der Waals surface area contributed by atoms with Crippen LogP contribution in [-0.2, 0) is 6.42 Å². The average Bonchev–Trinajstić information content (AvgIpc) is 2.80. The number of phenolic OH excluding ortho intramolecular Hbond substituents is 1. The van der Waals surface area contributed by atoms with E-state index in [1.54, 1.807) is 23.9 Å². The molecule has 3 rings (SSSR count). The zero-order chi connectivity index (χ0) is 13.2. The molecule has 1 unspecified atom stereocenters. The van der Waals surface area contributed by atoms with Crippen LogP contribution in [0.4, 0.5) is 0 Å². The van der Waals surface area contributed by atoms with E-state index >= 15 is 0 Å². The second-order valence-corrected chi connectivity index (χ2v) is 5.95. The molecule has 98 valence electrons. The number of thioether (sulfide) groups is 1. The van der Waals surface area contributed by atoms with Gasteiger partial charge < -0.3 is 9.84 Å². The third-order valence-corrected chi connectivity index (χ3v) is 4.37. The summed E-state index contributed by atoms with van der Waals surface area (Å²) in [5.74, 6) is 2.27. The summed E-state index contributed by atoms with van der Waals surface area (Å²) in [5.41, 5.74) is 2.60. The van der Waals surface area contributed by atoms with Crippen molar-refractivity contribution in [1.82, 2.24) is 0 Å². The van der Waals surface area contributed by atoms with Gasteiger partial charge in [0.2, 0.25) is 0 Å². The molecule has 1 aliphatic rings. The van der Waals surface area contributed by atoms with Crippen LogP contribution in [0.1, 0.15) is 11.1 Å². The Labute approximate surface area is 117 Å². The molecule has 2 nitrogen and oxygen atoms in total. The molecule has 1 heterocycles. The molecule has 2 aromatic carbocycles. The van der Waals surface area contributed by atoms with Crippen LogP contribution in [0.3, 0.4) is 0 Å². The van der Waals surface area contributed by atoms with Gasteiger partial charge in [0, 0.05) is 17.1 Å². The van der Waals surface area contributed by atoms with Crippen LogP contribution >= 0.6 is 11.8 Å². The van der Waals surface area contributed by atoms with E-state index in [2.05, 4.69) is 25.1 Å². The maximum absolute atomic E-state index is 9.25. The number of benzene rings is 2. The average molecular weight is 272 g/mol. The van der Waals surface area contributed by atoms with Gasteiger partial charge in [0.1, 0.15) is 17.6 Å². The third kappa shape index (κ3) is 2.87. The Morgan fingerprint density at radius 3 is 2.79 bits per heavy atom. The van der Waals surface area contributed by atoms with Crippen LogP contribution in [0.5, 0.6) is 11.5 Å². The molecule has 0 spiro atoms. The standard InChI is InChI=1S/C16H16O2S/c1-11-2-7-16-12(8-11)9-14(18-16)10-19-15-5-3-13(17)4-6-15/h2-8,14,17H,9-10H2,1H3. The lowest BCUT2D eigenvalue weighted by atomic mass is 10.1. The minimum absolute atomic E-state index is 0.246. The minimum atomic E-state index is 0.246. The number of hydrogen-bond acceptors (Lipinski definition) is 3. The summed E-state index contributed by atoms with van der Waals surface area (Å²) in [6.07, 6.45) is 1.23. The van der Waals surface area contributed by atoms with Gasteiger partial charge >= 0.3 is 0 Å². The summed E-state index contributed by atoms with van der Waals surface area (Å²) in [5, 5.41) is 9.25. The van der Waals surface area contributed by atoms with Gasteiger partial charge in [-0.25, -0.2) is 0 Å². The molecule has 2 aromatic rings. The number of rotatable bonds is 3. The predicted octanol–water partition coefficient (Wildman–Crippen LogP) is 3.80. The first kappa shape index (κ1) is 12.4. The monoisotopic (exact) mass is 272 g/mol. The minimum Gasteiger partial charge on any atom is -0.508 e. The van der Waals surface area contributed by atoms with Crippen molar-refractivity contribution in [3.05, 3.63) is 53.6 Å². The molecule has 0 aromatic heterocycles. The third-order valence-electron chi connectivity index (χ3n) is 3.23. The van der Waals surface area contributed by atoms with Gasteiger partial charge in [0.15, 0.2) is 0 Å². The lowest BCUT2D eigenvalue weighted by molar-refractivity contribution is 0.259. The van der Waals surface area contributed by atoms with E-state index in [-0.39, 0.29) is 6.10 Å². The van der Waals surface area contributed by atoms with Crippen molar-refractivity contribution >= 4 is 11.8 Å². The van der Waals surface area contributed by atoms with Crippen LogP contribution < -0.4 is 4.74 Å². The SMILES string of the molecule is Cc1ccc2c(c1)CC(CSc1ccc(O)cc1)O2. The Morgan fingerprint density at radius 2 is 2.00 bits per heavy atom. The molecule has 0 saturated heterocycles. The summed E-state index contributed by atoms with van der Waals surface area (Å²) < 4.78 is 5.94. The molecular formula is C16H16O2S. The van der Waals surface area contributed by atoms with Crippen molar-refractivity contribution < 1.29 is 9.84 Å². The van der Waals surface area contributed by atoms with E-state index in [0.29, 0.717) is 5.75 Å². The summed E-state index contributed by atoms with van der Waals surface area (Å²) in [7, 11) is 0. The molecule has 0 bridgehead atoms. The highest BCUT2D eigenvalue weighted by Gasteiger charge is 2.22. The van der Waals surface area contributed by atoms with Crippen molar-refractivity contribution in [1.29, 1.82) is 0 Å². The van der Waals surface area contributed by atoms with Gasteiger partial charge in [-0.2, -0.15) is 0 Å². The summed E-state index contributed by atoms with van der Waals surface area (Å²) in [6.45, 7) is 2.11. The molecule has 1 aliphatic heterocycles. The molecule has 0 aliphatic carbocycles. The molecule has 0 amide bonds. The molecule has 1 atom stereocenters. The second-order valence-electron chi connectivity index (χ2n) is 4.86. The summed E-state index contributed by atoms with van der Waals surface area (Å²) in [4.78, 5) is 1.16. The van der Waals surface area contributed by atoms with Crippen molar-refractivity contribution in [2.75, 3.05) is 5.75 Å². The fourth-order valence-corrected chi connectivity index (χ4v) is 3.17. The van der Waals surface area contributed by atoms with E-state index in [1.165, 1.54) is 11.1 Å². The normalized spacial score (nSPS) is 17.0. The lowest BCUT2D eigenvalue weighted by Gasteiger charge is -2.10. The number of aromatic hydroxyl groups is 1. The number of phenols is 1. The first-order chi connectivity index (χ1) is 9.20. The van der Waals surface area contributed by atoms with Crippen LogP contribution in [-0.4, -0.2) is 17.0 Å². The van der Waals surface area contributed by atoms with E-state index in [9.17, 15) is 5.11 Å². The molecule has 0 saturated carbocycles. The van der Waals surface area contributed by atoms with Crippen molar-refractivity contribution in [2.45, 2.75) is 24.3 Å². The highest BCUT2D eigenvalue weighted by Crippen LogP contribution is 2.32. The van der Waals surface area contributed by atoms with Gasteiger partial charge in [-0.15, -0.1) is 11.8 Å². The van der Waals surface area contributed by atoms with Crippen LogP contribution in [0, 0.1) is 6.92 Å². The summed E-state index contributed by atoms with van der Waals surface area (Å²) >= 11 is 1.77. The molecule has 19 heavy (non-hydrogen) atoms. The predicted molar refractivity (Wildman–Crippen MR) is 78.1 cm³/mol. The largest absolute Gasteiger partial charge is 0.508 e. The van der Waals surface area contributed by atoms with E-state index in [1.807, 2.05) is 12.1 Å². The topological polar surface area (TPSA) is 29.5 Å². The smallest absolute Gasteiger partial charge is 0.123 e. The Kier molecular flexibility index (Phi) is 3.38. The highest BCUT2D eigenvalue weighted by molar-refractivity contribution is 7.99. The number of hydrogen-bond donors (Lipinski definition) is 1. The van der Waals surface area contributed by atoms with Gasteiger partial charge in [0.25, 0.3) is 0 Å². The van der Waals surface area contributed by atoms with Crippen LogP contribution in [0.15, 0.2) is 47.4 Å². The van der Waals surface area contributed by atoms with Gasteiger partial charge in [0.05, 0.1) is 0 Å². The molecule has 3 heteroatoms.